The number of benzene rings is 2. The summed E-state index contributed by atoms with van der Waals surface area (Å²) in [5.41, 5.74) is 0.0296. The molecule has 30 heavy (non-hydrogen) atoms. The zero-order valence-corrected chi connectivity index (χ0v) is 18.5. The number of amides is 3. The number of nitrogens with zero attached hydrogens (tertiary/aromatic N) is 1. The molecule has 2 aromatic rings. The van der Waals surface area contributed by atoms with E-state index in [-0.39, 0.29) is 19.1 Å². The van der Waals surface area contributed by atoms with Gasteiger partial charge in [-0.3, -0.25) is 9.69 Å². The molecule has 2 aromatic carbocycles. The molecule has 0 saturated carbocycles. The number of imide groups is 1. The number of nitrogens with one attached hydrogen (secondary N) is 1. The molecule has 7 nitrogen and oxygen atoms in total. The van der Waals surface area contributed by atoms with Crippen molar-refractivity contribution in [2.45, 2.75) is 31.4 Å². The second kappa shape index (κ2) is 9.49. The number of halogens is 1. The van der Waals surface area contributed by atoms with Crippen molar-refractivity contribution in [1.29, 1.82) is 0 Å². The van der Waals surface area contributed by atoms with Crippen molar-refractivity contribution < 1.29 is 24.2 Å². The Balaban J connectivity index is 1.54. The lowest BCUT2D eigenvalue weighted by molar-refractivity contribution is -0.132. The zero-order chi connectivity index (χ0) is 21.7. The van der Waals surface area contributed by atoms with E-state index < -0.39 is 17.7 Å². The van der Waals surface area contributed by atoms with Crippen molar-refractivity contribution in [3.63, 3.8) is 0 Å². The molecule has 0 unspecified atom stereocenters. The largest absolute Gasteiger partial charge is 0.497 e. The van der Waals surface area contributed by atoms with Crippen LogP contribution in [0.5, 0.6) is 11.5 Å². The molecule has 1 aliphatic rings. The average molecular weight is 477 g/mol. The quantitative estimate of drug-likeness (QED) is 0.542. The number of aliphatic hydroxyl groups excluding tert-OH is 1. The van der Waals surface area contributed by atoms with E-state index in [1.807, 2.05) is 36.4 Å². The second-order valence-electron chi connectivity index (χ2n) is 7.45. The molecule has 1 fully saturated rings. The fourth-order valence-corrected chi connectivity index (χ4v) is 3.66. The monoisotopic (exact) mass is 476 g/mol. The fraction of sp³-hybridized carbons (Fsp3) is 0.364. The van der Waals surface area contributed by atoms with Crippen LogP contribution in [0, 0.1) is 0 Å². The molecular formula is C22H25BrN2O5. The van der Waals surface area contributed by atoms with Gasteiger partial charge in [0.25, 0.3) is 5.91 Å². The standard InChI is InChI=1S/C22H25BrN2O5/c1-22(11-10-15-6-8-18(29-2)9-7-15)20(27)25(21(28)24-22)13-17(26)14-30-19-5-3-4-16(23)12-19/h3-9,12,17,26H,10-11,13-14H2,1-2H3,(H,24,28)/t17-,22-/m1/s1. The number of ether oxygens (including phenoxy) is 2. The van der Waals surface area contributed by atoms with Crippen LogP contribution in [0.15, 0.2) is 53.0 Å². The molecular weight excluding hydrogens is 452 g/mol. The number of carbonyl (C=O) groups excluding carboxylic acids is 2. The van der Waals surface area contributed by atoms with Crippen LogP contribution >= 0.6 is 15.9 Å². The molecule has 3 rings (SSSR count). The summed E-state index contributed by atoms with van der Waals surface area (Å²) in [6, 6.07) is 14.3. The van der Waals surface area contributed by atoms with Gasteiger partial charge in [0.05, 0.1) is 13.7 Å². The Morgan fingerprint density at radius 2 is 1.90 bits per heavy atom. The first-order valence-electron chi connectivity index (χ1n) is 9.64. The van der Waals surface area contributed by atoms with Crippen molar-refractivity contribution in [2.24, 2.45) is 0 Å². The van der Waals surface area contributed by atoms with Gasteiger partial charge in [0.1, 0.15) is 29.7 Å². The molecule has 8 heteroatoms. The number of carbonyl (C=O) groups is 2. The Kier molecular flexibility index (Phi) is 6.99. The second-order valence-corrected chi connectivity index (χ2v) is 8.36. The van der Waals surface area contributed by atoms with Crippen molar-refractivity contribution >= 4 is 27.9 Å². The number of β-amino-alcohol motifs (C(OH)–C–C–N with tert-alkyl or cyclic N) is 1. The Morgan fingerprint density at radius 3 is 2.57 bits per heavy atom. The number of methoxy groups -OCH3 is 1. The highest BCUT2D eigenvalue weighted by atomic mass is 79.9. The summed E-state index contributed by atoms with van der Waals surface area (Å²) in [6.45, 7) is 1.55. The molecule has 0 spiro atoms. The first-order valence-corrected chi connectivity index (χ1v) is 10.4. The number of urea groups is 1. The molecule has 2 atom stereocenters. The van der Waals surface area contributed by atoms with Gasteiger partial charge >= 0.3 is 6.03 Å². The van der Waals surface area contributed by atoms with Crippen LogP contribution in [0.4, 0.5) is 4.79 Å². The van der Waals surface area contributed by atoms with E-state index in [0.29, 0.717) is 18.6 Å². The molecule has 1 aliphatic heterocycles. The van der Waals surface area contributed by atoms with Crippen LogP contribution in [-0.4, -0.2) is 53.8 Å². The highest BCUT2D eigenvalue weighted by Gasteiger charge is 2.47. The maximum atomic E-state index is 12.9. The number of rotatable bonds is 9. The fourth-order valence-electron chi connectivity index (χ4n) is 3.28. The lowest BCUT2D eigenvalue weighted by Gasteiger charge is -2.22. The highest BCUT2D eigenvalue weighted by Crippen LogP contribution is 2.24. The van der Waals surface area contributed by atoms with Gasteiger partial charge in [-0.2, -0.15) is 0 Å². The summed E-state index contributed by atoms with van der Waals surface area (Å²) in [5, 5.41) is 13.0. The van der Waals surface area contributed by atoms with E-state index >= 15 is 0 Å². The maximum absolute atomic E-state index is 12.9. The van der Waals surface area contributed by atoms with Gasteiger partial charge in [-0.1, -0.05) is 34.1 Å². The van der Waals surface area contributed by atoms with Gasteiger partial charge in [-0.05, 0) is 55.7 Å². The summed E-state index contributed by atoms with van der Waals surface area (Å²) >= 11 is 3.35. The van der Waals surface area contributed by atoms with Gasteiger partial charge < -0.3 is 19.9 Å². The van der Waals surface area contributed by atoms with Crippen LogP contribution < -0.4 is 14.8 Å². The average Bonchev–Trinajstić information content (AvgIpc) is 2.94. The van der Waals surface area contributed by atoms with Crippen LogP contribution in [0.25, 0.3) is 0 Å². The van der Waals surface area contributed by atoms with Crippen LogP contribution in [0.1, 0.15) is 18.9 Å². The van der Waals surface area contributed by atoms with E-state index in [0.717, 1.165) is 20.7 Å². The van der Waals surface area contributed by atoms with Gasteiger partial charge in [-0.15, -0.1) is 0 Å². The summed E-state index contributed by atoms with van der Waals surface area (Å²) in [6.07, 6.45) is 0.0718. The highest BCUT2D eigenvalue weighted by molar-refractivity contribution is 9.10. The van der Waals surface area contributed by atoms with Gasteiger partial charge in [-0.25, -0.2) is 4.79 Å². The third kappa shape index (κ3) is 5.31. The molecule has 0 aromatic heterocycles. The van der Waals surface area contributed by atoms with E-state index in [4.69, 9.17) is 9.47 Å². The zero-order valence-electron chi connectivity index (χ0n) is 16.9. The Morgan fingerprint density at radius 1 is 1.17 bits per heavy atom. The lowest BCUT2D eigenvalue weighted by atomic mass is 9.93. The van der Waals surface area contributed by atoms with Crippen LogP contribution in [0.3, 0.4) is 0 Å². The van der Waals surface area contributed by atoms with Crippen molar-refractivity contribution in [1.82, 2.24) is 10.2 Å². The van der Waals surface area contributed by atoms with Gasteiger partial charge in [0, 0.05) is 4.47 Å². The van der Waals surface area contributed by atoms with E-state index in [1.165, 1.54) is 0 Å². The Bertz CT molecular complexity index is 905. The molecule has 0 radical (unpaired) electrons. The molecule has 1 heterocycles. The number of hydrogen-bond acceptors (Lipinski definition) is 5. The van der Waals surface area contributed by atoms with Crippen LogP contribution in [-0.2, 0) is 11.2 Å². The van der Waals surface area contributed by atoms with Gasteiger partial charge in [0.2, 0.25) is 0 Å². The lowest BCUT2D eigenvalue weighted by Crippen LogP contribution is -2.45. The number of aryl methyl sites for hydroxylation is 1. The Hall–Kier alpha value is -2.58. The molecule has 2 N–H and O–H groups in total. The third-order valence-electron chi connectivity index (χ3n) is 5.05. The smallest absolute Gasteiger partial charge is 0.325 e. The first-order chi connectivity index (χ1) is 14.3. The Labute approximate surface area is 184 Å². The first kappa shape index (κ1) is 22.1. The van der Waals surface area contributed by atoms with Crippen molar-refractivity contribution in [3.05, 3.63) is 58.6 Å². The normalized spacial score (nSPS) is 19.5. The minimum atomic E-state index is -1.01. The number of hydrogen-bond donors (Lipinski definition) is 2. The summed E-state index contributed by atoms with van der Waals surface area (Å²) < 4.78 is 11.6. The van der Waals surface area contributed by atoms with Crippen molar-refractivity contribution in [3.8, 4) is 11.5 Å². The number of aliphatic hydroxyl groups is 1. The molecule has 0 bridgehead atoms. The SMILES string of the molecule is COc1ccc(CC[C@@]2(C)NC(=O)N(C[C@@H](O)COc3cccc(Br)c3)C2=O)cc1. The maximum Gasteiger partial charge on any atom is 0.325 e. The molecule has 1 saturated heterocycles. The van der Waals surface area contributed by atoms with Gasteiger partial charge in [0.15, 0.2) is 0 Å². The molecule has 3 amide bonds. The van der Waals surface area contributed by atoms with E-state index in [9.17, 15) is 14.7 Å². The molecule has 160 valence electrons. The van der Waals surface area contributed by atoms with Crippen molar-refractivity contribution in [2.75, 3.05) is 20.3 Å². The molecule has 0 aliphatic carbocycles. The third-order valence-corrected chi connectivity index (χ3v) is 5.54. The van der Waals surface area contributed by atoms with E-state index in [1.54, 1.807) is 26.2 Å². The predicted octanol–water partition coefficient (Wildman–Crippen LogP) is 3.14. The van der Waals surface area contributed by atoms with E-state index in [2.05, 4.69) is 21.2 Å². The summed E-state index contributed by atoms with van der Waals surface area (Å²) in [7, 11) is 1.61. The summed E-state index contributed by atoms with van der Waals surface area (Å²) in [5.74, 6) is 1.01. The minimum Gasteiger partial charge on any atom is -0.497 e. The van der Waals surface area contributed by atoms with Crippen LogP contribution in [0.2, 0.25) is 0 Å². The predicted molar refractivity (Wildman–Crippen MR) is 116 cm³/mol. The topological polar surface area (TPSA) is 88.1 Å². The summed E-state index contributed by atoms with van der Waals surface area (Å²) in [4.78, 5) is 26.3. The minimum absolute atomic E-state index is 0.0317.